The molecule has 2 heteroatoms. The first kappa shape index (κ1) is 12.8. The molecule has 0 amide bonds. The Morgan fingerprint density at radius 1 is 1.06 bits per heavy atom. The lowest BCUT2D eigenvalue weighted by Crippen LogP contribution is -1.97. The van der Waals surface area contributed by atoms with Gasteiger partial charge in [0.05, 0.1) is 6.61 Å². The smallest absolute Gasteiger partial charge is 0.150 e. The third kappa shape index (κ3) is 4.96. The highest BCUT2D eigenvalue weighted by Gasteiger charge is 1.94. The zero-order chi connectivity index (χ0) is 11.6. The van der Waals surface area contributed by atoms with Crippen LogP contribution >= 0.6 is 0 Å². The Balaban J connectivity index is 2.14. The fraction of sp³-hybridized carbons (Fsp3) is 0.500. The van der Waals surface area contributed by atoms with Gasteiger partial charge in [-0.15, -0.1) is 0 Å². The van der Waals surface area contributed by atoms with Crippen molar-refractivity contribution in [2.75, 3.05) is 6.61 Å². The van der Waals surface area contributed by atoms with Crippen LogP contribution in [-0.4, -0.2) is 12.9 Å². The summed E-state index contributed by atoms with van der Waals surface area (Å²) in [4.78, 5) is 10.4. The summed E-state index contributed by atoms with van der Waals surface area (Å²) in [6, 6.07) is 7.24. The van der Waals surface area contributed by atoms with E-state index in [0.29, 0.717) is 5.56 Å². The van der Waals surface area contributed by atoms with Gasteiger partial charge in [-0.1, -0.05) is 32.6 Å². The number of unbranched alkanes of at least 4 members (excludes halogenated alkanes) is 4. The molecule has 0 aliphatic rings. The molecule has 0 spiro atoms. The molecule has 1 aromatic carbocycles. The molecule has 0 bridgehead atoms. The number of hydrogen-bond donors (Lipinski definition) is 0. The lowest BCUT2D eigenvalue weighted by Gasteiger charge is -2.05. The third-order valence-corrected chi connectivity index (χ3v) is 2.53. The van der Waals surface area contributed by atoms with Gasteiger partial charge in [0.25, 0.3) is 0 Å². The van der Waals surface area contributed by atoms with E-state index in [4.69, 9.17) is 4.74 Å². The second-order valence-electron chi connectivity index (χ2n) is 3.95. The Kier molecular flexibility index (Phi) is 6.31. The second-order valence-corrected chi connectivity index (χ2v) is 3.95. The molecule has 0 aromatic heterocycles. The molecule has 0 radical (unpaired) electrons. The predicted octanol–water partition coefficient (Wildman–Crippen LogP) is 3.85. The zero-order valence-electron chi connectivity index (χ0n) is 9.95. The van der Waals surface area contributed by atoms with E-state index in [-0.39, 0.29) is 0 Å². The van der Waals surface area contributed by atoms with Gasteiger partial charge in [-0.2, -0.15) is 0 Å². The largest absolute Gasteiger partial charge is 0.494 e. The van der Waals surface area contributed by atoms with Crippen molar-refractivity contribution < 1.29 is 9.53 Å². The molecule has 2 nitrogen and oxygen atoms in total. The van der Waals surface area contributed by atoms with Crippen molar-refractivity contribution in [3.05, 3.63) is 29.8 Å². The molecule has 0 atom stereocenters. The number of carbonyl (C=O) groups excluding carboxylic acids is 1. The van der Waals surface area contributed by atoms with Crippen molar-refractivity contribution in [2.45, 2.75) is 39.0 Å². The van der Waals surface area contributed by atoms with Gasteiger partial charge in [0, 0.05) is 5.56 Å². The molecule has 1 rings (SSSR count). The first-order valence-corrected chi connectivity index (χ1v) is 6.05. The summed E-state index contributed by atoms with van der Waals surface area (Å²) < 4.78 is 5.57. The van der Waals surface area contributed by atoms with E-state index in [2.05, 4.69) is 6.92 Å². The Hall–Kier alpha value is -1.31. The standard InChI is InChI=1S/C14H20O2/c1-2-3-4-5-6-11-16-14-9-7-13(12-15)8-10-14/h7-10,12H,2-6,11H2,1H3. The predicted molar refractivity (Wildman–Crippen MR) is 66.1 cm³/mol. The zero-order valence-corrected chi connectivity index (χ0v) is 9.95. The minimum atomic E-state index is 0.690. The molecule has 1 aromatic rings. The minimum absolute atomic E-state index is 0.690. The van der Waals surface area contributed by atoms with Crippen LogP contribution in [0, 0.1) is 0 Å². The molecule has 0 unspecified atom stereocenters. The van der Waals surface area contributed by atoms with E-state index in [9.17, 15) is 4.79 Å². The van der Waals surface area contributed by atoms with Gasteiger partial charge in [0.1, 0.15) is 12.0 Å². The first-order chi connectivity index (χ1) is 7.86. The lowest BCUT2D eigenvalue weighted by atomic mass is 10.2. The van der Waals surface area contributed by atoms with Crippen LogP contribution in [0.15, 0.2) is 24.3 Å². The van der Waals surface area contributed by atoms with Gasteiger partial charge in [-0.05, 0) is 30.7 Å². The highest BCUT2D eigenvalue weighted by Crippen LogP contribution is 2.12. The summed E-state index contributed by atoms with van der Waals surface area (Å²) in [6.45, 7) is 2.98. The summed E-state index contributed by atoms with van der Waals surface area (Å²) in [6.07, 6.45) is 7.07. The molecule has 0 aliphatic heterocycles. The SMILES string of the molecule is CCCCCCCOc1ccc(C=O)cc1. The molecule has 0 aliphatic carbocycles. The molecular weight excluding hydrogens is 200 g/mol. The quantitative estimate of drug-likeness (QED) is 0.491. The third-order valence-electron chi connectivity index (χ3n) is 2.53. The van der Waals surface area contributed by atoms with Crippen LogP contribution in [0.1, 0.15) is 49.4 Å². The highest BCUT2D eigenvalue weighted by atomic mass is 16.5. The highest BCUT2D eigenvalue weighted by molar-refractivity contribution is 5.74. The Bertz CT molecular complexity index is 290. The van der Waals surface area contributed by atoms with Crippen LogP contribution in [0.5, 0.6) is 5.75 Å². The topological polar surface area (TPSA) is 26.3 Å². The Labute approximate surface area is 97.6 Å². The van der Waals surface area contributed by atoms with Crippen LogP contribution < -0.4 is 4.74 Å². The van der Waals surface area contributed by atoms with E-state index in [1.807, 2.05) is 12.1 Å². The van der Waals surface area contributed by atoms with Crippen molar-refractivity contribution >= 4 is 6.29 Å². The van der Waals surface area contributed by atoms with Crippen LogP contribution in [-0.2, 0) is 0 Å². The van der Waals surface area contributed by atoms with Gasteiger partial charge in [0.2, 0.25) is 0 Å². The van der Waals surface area contributed by atoms with Gasteiger partial charge < -0.3 is 4.74 Å². The fourth-order valence-electron chi connectivity index (χ4n) is 1.54. The number of benzene rings is 1. The van der Waals surface area contributed by atoms with Gasteiger partial charge in [-0.3, -0.25) is 4.79 Å². The van der Waals surface area contributed by atoms with E-state index in [0.717, 1.165) is 25.1 Å². The number of carbonyl (C=O) groups is 1. The molecule has 0 heterocycles. The van der Waals surface area contributed by atoms with Gasteiger partial charge in [0.15, 0.2) is 0 Å². The van der Waals surface area contributed by atoms with Gasteiger partial charge in [-0.25, -0.2) is 0 Å². The Morgan fingerprint density at radius 3 is 2.38 bits per heavy atom. The van der Waals surface area contributed by atoms with Crippen LogP contribution in [0.3, 0.4) is 0 Å². The average molecular weight is 220 g/mol. The van der Waals surface area contributed by atoms with Crippen LogP contribution in [0.2, 0.25) is 0 Å². The van der Waals surface area contributed by atoms with Crippen LogP contribution in [0.4, 0.5) is 0 Å². The molecule has 0 saturated heterocycles. The van der Waals surface area contributed by atoms with Crippen molar-refractivity contribution in [3.63, 3.8) is 0 Å². The lowest BCUT2D eigenvalue weighted by molar-refractivity contribution is 0.112. The average Bonchev–Trinajstić information content (AvgIpc) is 2.34. The molecule has 16 heavy (non-hydrogen) atoms. The maximum absolute atomic E-state index is 10.4. The fourth-order valence-corrected chi connectivity index (χ4v) is 1.54. The Morgan fingerprint density at radius 2 is 1.75 bits per heavy atom. The molecular formula is C14H20O2. The summed E-state index contributed by atoms with van der Waals surface area (Å²) in [7, 11) is 0. The van der Waals surface area contributed by atoms with Crippen molar-refractivity contribution in [1.29, 1.82) is 0 Å². The van der Waals surface area contributed by atoms with E-state index in [1.54, 1.807) is 12.1 Å². The molecule has 0 fully saturated rings. The van der Waals surface area contributed by atoms with Crippen LogP contribution in [0.25, 0.3) is 0 Å². The maximum atomic E-state index is 10.4. The van der Waals surface area contributed by atoms with E-state index in [1.165, 1.54) is 25.7 Å². The number of aldehydes is 1. The number of hydrogen-bond acceptors (Lipinski definition) is 2. The van der Waals surface area contributed by atoms with Crippen molar-refractivity contribution in [3.8, 4) is 5.75 Å². The van der Waals surface area contributed by atoms with Crippen molar-refractivity contribution in [2.24, 2.45) is 0 Å². The monoisotopic (exact) mass is 220 g/mol. The van der Waals surface area contributed by atoms with Gasteiger partial charge >= 0.3 is 0 Å². The number of rotatable bonds is 8. The summed E-state index contributed by atoms with van der Waals surface area (Å²) in [5, 5.41) is 0. The molecule has 0 N–H and O–H groups in total. The normalized spacial score (nSPS) is 10.1. The maximum Gasteiger partial charge on any atom is 0.150 e. The number of ether oxygens (including phenoxy) is 1. The summed E-state index contributed by atoms with van der Waals surface area (Å²) >= 11 is 0. The summed E-state index contributed by atoms with van der Waals surface area (Å²) in [5.74, 6) is 0.848. The minimum Gasteiger partial charge on any atom is -0.494 e. The second kappa shape index (κ2) is 7.91. The van der Waals surface area contributed by atoms with Crippen molar-refractivity contribution in [1.82, 2.24) is 0 Å². The van der Waals surface area contributed by atoms with E-state index >= 15 is 0 Å². The first-order valence-electron chi connectivity index (χ1n) is 6.05. The molecule has 0 saturated carbocycles. The summed E-state index contributed by atoms with van der Waals surface area (Å²) in [5.41, 5.74) is 0.690. The van der Waals surface area contributed by atoms with E-state index < -0.39 is 0 Å². The molecule has 88 valence electrons.